The summed E-state index contributed by atoms with van der Waals surface area (Å²) in [5.41, 5.74) is -0.0266. The Hall–Kier alpha value is -3.27. The standard InChI is InChI=1S/C17H16N4O3/c1-3-5-10-21-17(23)20-12-11-19(16(22)15(20)18-21)13-6-8-14(9-7-13)24-4-2/h6-9,11-12H,4,10H2,1-2H3. The minimum Gasteiger partial charge on any atom is -0.494 e. The van der Waals surface area contributed by atoms with Gasteiger partial charge in [-0.1, -0.05) is 5.92 Å². The molecule has 0 atom stereocenters. The largest absolute Gasteiger partial charge is 0.494 e. The monoisotopic (exact) mass is 324 g/mol. The van der Waals surface area contributed by atoms with Gasteiger partial charge < -0.3 is 4.74 Å². The van der Waals surface area contributed by atoms with Crippen LogP contribution in [0.2, 0.25) is 0 Å². The van der Waals surface area contributed by atoms with Crippen molar-refractivity contribution in [2.45, 2.75) is 20.4 Å². The molecule has 0 saturated carbocycles. The fourth-order valence-corrected chi connectivity index (χ4v) is 2.34. The molecule has 3 rings (SSSR count). The fourth-order valence-electron chi connectivity index (χ4n) is 2.34. The van der Waals surface area contributed by atoms with Crippen molar-refractivity contribution in [2.75, 3.05) is 6.61 Å². The van der Waals surface area contributed by atoms with E-state index in [-0.39, 0.29) is 23.4 Å². The van der Waals surface area contributed by atoms with Crippen molar-refractivity contribution in [1.82, 2.24) is 18.7 Å². The zero-order valence-electron chi connectivity index (χ0n) is 13.4. The minimum atomic E-state index is -0.385. The maximum Gasteiger partial charge on any atom is 0.351 e. The summed E-state index contributed by atoms with van der Waals surface area (Å²) in [6, 6.07) is 7.13. The first kappa shape index (κ1) is 15.6. The molecular formula is C17H16N4O3. The van der Waals surface area contributed by atoms with Crippen LogP contribution >= 0.6 is 0 Å². The van der Waals surface area contributed by atoms with Crippen molar-refractivity contribution in [3.8, 4) is 23.3 Å². The third-order valence-corrected chi connectivity index (χ3v) is 3.48. The van der Waals surface area contributed by atoms with Gasteiger partial charge in [0.05, 0.1) is 6.61 Å². The summed E-state index contributed by atoms with van der Waals surface area (Å²) in [5, 5.41) is 4.09. The van der Waals surface area contributed by atoms with Gasteiger partial charge in [-0.2, -0.15) is 0 Å². The van der Waals surface area contributed by atoms with Crippen LogP contribution < -0.4 is 16.0 Å². The van der Waals surface area contributed by atoms with E-state index in [1.165, 1.54) is 19.8 Å². The first-order valence-electron chi connectivity index (χ1n) is 7.49. The summed E-state index contributed by atoms with van der Waals surface area (Å²) in [5.74, 6) is 6.20. The lowest BCUT2D eigenvalue weighted by atomic mass is 10.3. The molecule has 7 heteroatoms. The van der Waals surface area contributed by atoms with E-state index in [9.17, 15) is 9.59 Å². The average Bonchev–Trinajstić information content (AvgIpc) is 2.92. The molecule has 0 radical (unpaired) electrons. The Morgan fingerprint density at radius 3 is 2.58 bits per heavy atom. The molecule has 2 heterocycles. The van der Waals surface area contributed by atoms with Gasteiger partial charge in [-0.05, 0) is 38.1 Å². The lowest BCUT2D eigenvalue weighted by molar-refractivity contribution is 0.340. The quantitative estimate of drug-likeness (QED) is 0.673. The number of hydrogen-bond acceptors (Lipinski definition) is 4. The summed E-state index contributed by atoms with van der Waals surface area (Å²) in [6.45, 7) is 4.31. The van der Waals surface area contributed by atoms with Gasteiger partial charge in [-0.25, -0.2) is 13.9 Å². The van der Waals surface area contributed by atoms with Crippen molar-refractivity contribution >= 4 is 5.65 Å². The Bertz CT molecular complexity index is 1050. The summed E-state index contributed by atoms with van der Waals surface area (Å²) in [4.78, 5) is 24.8. The highest BCUT2D eigenvalue weighted by Gasteiger charge is 2.12. The van der Waals surface area contributed by atoms with Gasteiger partial charge in [0.25, 0.3) is 0 Å². The van der Waals surface area contributed by atoms with Gasteiger partial charge >= 0.3 is 11.2 Å². The lowest BCUT2D eigenvalue weighted by Crippen LogP contribution is -2.24. The SMILES string of the molecule is CC#CCn1nc2c(=O)n(-c3ccc(OCC)cc3)ccn2c1=O. The number of ether oxygens (including phenoxy) is 1. The van der Waals surface area contributed by atoms with Crippen LogP contribution in [0.4, 0.5) is 0 Å². The van der Waals surface area contributed by atoms with Gasteiger partial charge in [0.2, 0.25) is 5.65 Å². The number of nitrogens with zero attached hydrogens (tertiary/aromatic N) is 4. The van der Waals surface area contributed by atoms with Gasteiger partial charge in [0.1, 0.15) is 12.3 Å². The second-order valence-corrected chi connectivity index (χ2v) is 4.96. The Morgan fingerprint density at radius 2 is 1.92 bits per heavy atom. The Morgan fingerprint density at radius 1 is 1.17 bits per heavy atom. The summed E-state index contributed by atoms with van der Waals surface area (Å²) >= 11 is 0. The van der Waals surface area contributed by atoms with E-state index >= 15 is 0 Å². The van der Waals surface area contributed by atoms with Gasteiger partial charge in [-0.3, -0.25) is 9.36 Å². The van der Waals surface area contributed by atoms with Crippen LogP contribution in [0.15, 0.2) is 46.2 Å². The number of aromatic nitrogens is 4. The summed E-state index contributed by atoms with van der Waals surface area (Å²) < 4.78 is 9.23. The molecule has 0 aliphatic heterocycles. The van der Waals surface area contributed by atoms with Gasteiger partial charge in [-0.15, -0.1) is 11.0 Å². The van der Waals surface area contributed by atoms with Crippen LogP contribution in [-0.4, -0.2) is 25.4 Å². The highest BCUT2D eigenvalue weighted by atomic mass is 16.5. The van der Waals surface area contributed by atoms with E-state index in [4.69, 9.17) is 4.74 Å². The molecule has 0 unspecified atom stereocenters. The normalized spacial score (nSPS) is 10.4. The molecule has 2 aromatic heterocycles. The molecule has 0 bridgehead atoms. The second kappa shape index (κ2) is 6.46. The van der Waals surface area contributed by atoms with Gasteiger partial charge in [0.15, 0.2) is 0 Å². The maximum atomic E-state index is 12.6. The molecule has 0 saturated heterocycles. The topological polar surface area (TPSA) is 70.5 Å². The van der Waals surface area contributed by atoms with Crippen molar-refractivity contribution in [3.05, 3.63) is 57.5 Å². The number of fused-ring (bicyclic) bond motifs is 1. The third kappa shape index (κ3) is 2.70. The van der Waals surface area contributed by atoms with Crippen LogP contribution in [0.5, 0.6) is 5.75 Å². The zero-order chi connectivity index (χ0) is 17.1. The minimum absolute atomic E-state index is 0.0642. The molecule has 122 valence electrons. The van der Waals surface area contributed by atoms with E-state index in [2.05, 4.69) is 16.9 Å². The molecule has 0 fully saturated rings. The van der Waals surface area contributed by atoms with E-state index in [0.29, 0.717) is 12.3 Å². The number of hydrogen-bond donors (Lipinski definition) is 0. The Kier molecular flexibility index (Phi) is 4.20. The molecule has 24 heavy (non-hydrogen) atoms. The highest BCUT2D eigenvalue weighted by molar-refractivity contribution is 5.42. The first-order chi connectivity index (χ1) is 11.7. The van der Waals surface area contributed by atoms with E-state index in [1.807, 2.05) is 6.92 Å². The van der Waals surface area contributed by atoms with Crippen LogP contribution in [-0.2, 0) is 6.54 Å². The second-order valence-electron chi connectivity index (χ2n) is 4.96. The summed E-state index contributed by atoms with van der Waals surface area (Å²) in [7, 11) is 0. The van der Waals surface area contributed by atoms with Crippen molar-refractivity contribution in [1.29, 1.82) is 0 Å². The maximum absolute atomic E-state index is 12.6. The van der Waals surface area contributed by atoms with Crippen molar-refractivity contribution < 1.29 is 4.74 Å². The third-order valence-electron chi connectivity index (χ3n) is 3.48. The predicted octanol–water partition coefficient (Wildman–Crippen LogP) is 1.07. The summed E-state index contributed by atoms with van der Waals surface area (Å²) in [6.07, 6.45) is 3.07. The molecule has 3 aromatic rings. The van der Waals surface area contributed by atoms with Crippen LogP contribution in [0.25, 0.3) is 11.3 Å². The molecule has 0 aliphatic rings. The fraction of sp³-hybridized carbons (Fsp3) is 0.235. The molecule has 0 spiro atoms. The highest BCUT2D eigenvalue weighted by Crippen LogP contribution is 2.14. The first-order valence-corrected chi connectivity index (χ1v) is 7.49. The molecule has 0 amide bonds. The van der Waals surface area contributed by atoms with E-state index < -0.39 is 0 Å². The molecular weight excluding hydrogens is 308 g/mol. The molecule has 0 N–H and O–H groups in total. The predicted molar refractivity (Wildman–Crippen MR) is 89.7 cm³/mol. The molecule has 1 aromatic carbocycles. The lowest BCUT2D eigenvalue weighted by Gasteiger charge is -2.07. The molecule has 0 aliphatic carbocycles. The number of benzene rings is 1. The van der Waals surface area contributed by atoms with Crippen LogP contribution in [0.3, 0.4) is 0 Å². The van der Waals surface area contributed by atoms with E-state index in [1.54, 1.807) is 37.4 Å². The average molecular weight is 324 g/mol. The smallest absolute Gasteiger partial charge is 0.351 e. The Balaban J connectivity index is 2.09. The zero-order valence-corrected chi connectivity index (χ0v) is 13.4. The number of rotatable bonds is 4. The van der Waals surface area contributed by atoms with Crippen molar-refractivity contribution in [2.24, 2.45) is 0 Å². The van der Waals surface area contributed by atoms with Crippen LogP contribution in [0.1, 0.15) is 13.8 Å². The van der Waals surface area contributed by atoms with Crippen molar-refractivity contribution in [3.63, 3.8) is 0 Å². The molecule has 7 nitrogen and oxygen atoms in total. The van der Waals surface area contributed by atoms with Crippen LogP contribution in [0, 0.1) is 11.8 Å². The van der Waals surface area contributed by atoms with Gasteiger partial charge in [0, 0.05) is 18.1 Å². The van der Waals surface area contributed by atoms with E-state index in [0.717, 1.165) is 5.75 Å². The Labute approximate surface area is 137 Å².